The van der Waals surface area contributed by atoms with Gasteiger partial charge in [0.1, 0.15) is 5.65 Å². The summed E-state index contributed by atoms with van der Waals surface area (Å²) in [7, 11) is -3.69. The Morgan fingerprint density at radius 2 is 1.58 bits per heavy atom. The number of piperidine rings is 1. The monoisotopic (exact) mass is 704 g/mol. The molecule has 2 saturated heterocycles. The lowest BCUT2D eigenvalue weighted by molar-refractivity contribution is 0.0612. The van der Waals surface area contributed by atoms with Gasteiger partial charge < -0.3 is 26.5 Å². The van der Waals surface area contributed by atoms with E-state index in [9.17, 15) is 13.2 Å². The SMILES string of the molecule is NCCCN(CCCN)Cc1ccc(-n2cc3cc(-c4ccc(S(=O)(=O)N(CCC5CCOCC5)C5CCNCC5)cc4)[nH]c3nc2=O)cc1. The van der Waals surface area contributed by atoms with E-state index in [1.54, 1.807) is 27.2 Å². The third-order valence-electron chi connectivity index (χ3n) is 10.1. The van der Waals surface area contributed by atoms with Crippen LogP contribution in [0.5, 0.6) is 0 Å². The maximum atomic E-state index is 14.1. The molecule has 6 rings (SSSR count). The van der Waals surface area contributed by atoms with Crippen LogP contribution in [0, 0.1) is 5.92 Å². The van der Waals surface area contributed by atoms with Crippen molar-refractivity contribution in [2.45, 2.75) is 62.4 Å². The standard InChI is InChI=1S/C37H52N8O4S/c38-16-1-20-43(21-2-17-39)26-29-3-7-32(8-4-29)44-27-31-25-35(41-36(31)42-37(44)46)30-5-9-34(10-6-30)50(47,48)45(33-11-18-40-19-12-33)22-13-28-14-23-49-24-15-28/h3-10,25,27-28,33,40H,1-2,11-24,26,38-39H2,(H,41,42,46). The van der Waals surface area contributed by atoms with Crippen LogP contribution in [-0.2, 0) is 21.3 Å². The number of H-pyrrole nitrogens is 1. The number of aromatic amines is 1. The number of nitrogens with zero attached hydrogens (tertiary/aromatic N) is 4. The van der Waals surface area contributed by atoms with Gasteiger partial charge in [0.15, 0.2) is 0 Å². The van der Waals surface area contributed by atoms with Crippen molar-refractivity contribution >= 4 is 21.1 Å². The van der Waals surface area contributed by atoms with Crippen LogP contribution in [-0.4, -0.2) is 97.2 Å². The molecule has 0 unspecified atom stereocenters. The van der Waals surface area contributed by atoms with E-state index >= 15 is 0 Å². The second-order valence-electron chi connectivity index (χ2n) is 13.6. The second-order valence-corrected chi connectivity index (χ2v) is 15.5. The average molecular weight is 705 g/mol. The van der Waals surface area contributed by atoms with Gasteiger partial charge in [0, 0.05) is 49.6 Å². The van der Waals surface area contributed by atoms with Crippen LogP contribution >= 0.6 is 0 Å². The van der Waals surface area contributed by atoms with E-state index in [0.717, 1.165) is 119 Å². The number of fused-ring (bicyclic) bond motifs is 1. The highest BCUT2D eigenvalue weighted by atomic mass is 32.2. The van der Waals surface area contributed by atoms with Crippen molar-refractivity contribution in [2.75, 3.05) is 59.0 Å². The molecule has 2 aliphatic rings. The van der Waals surface area contributed by atoms with Crippen LogP contribution in [0.4, 0.5) is 0 Å². The molecule has 6 N–H and O–H groups in total. The third-order valence-corrected chi connectivity index (χ3v) is 12.0. The molecule has 2 aromatic carbocycles. The van der Waals surface area contributed by atoms with Crippen molar-refractivity contribution in [2.24, 2.45) is 17.4 Å². The Labute approximate surface area is 295 Å². The van der Waals surface area contributed by atoms with E-state index < -0.39 is 10.0 Å². The van der Waals surface area contributed by atoms with Crippen LogP contribution < -0.4 is 22.5 Å². The number of aromatic nitrogens is 3. The van der Waals surface area contributed by atoms with Crippen molar-refractivity contribution in [3.63, 3.8) is 0 Å². The van der Waals surface area contributed by atoms with Crippen molar-refractivity contribution in [3.8, 4) is 16.9 Å². The summed E-state index contributed by atoms with van der Waals surface area (Å²) in [6.07, 6.45) is 8.09. The maximum absolute atomic E-state index is 14.1. The van der Waals surface area contributed by atoms with Crippen LogP contribution in [0.2, 0.25) is 0 Å². The highest BCUT2D eigenvalue weighted by Crippen LogP contribution is 2.29. The molecular formula is C37H52N8O4S. The molecule has 4 aromatic rings. The van der Waals surface area contributed by atoms with E-state index in [-0.39, 0.29) is 11.7 Å². The predicted molar refractivity (Wildman–Crippen MR) is 198 cm³/mol. The number of hydrogen-bond acceptors (Lipinski definition) is 9. The van der Waals surface area contributed by atoms with Gasteiger partial charge in [0.25, 0.3) is 0 Å². The van der Waals surface area contributed by atoms with Crippen LogP contribution in [0.15, 0.2) is 70.5 Å². The fourth-order valence-electron chi connectivity index (χ4n) is 7.14. The first-order valence-electron chi connectivity index (χ1n) is 18.1. The van der Waals surface area contributed by atoms with Crippen molar-refractivity contribution in [1.29, 1.82) is 0 Å². The minimum Gasteiger partial charge on any atom is -0.381 e. The fraction of sp³-hybridized carbons (Fsp3) is 0.514. The van der Waals surface area contributed by atoms with E-state index in [2.05, 4.69) is 20.2 Å². The molecule has 12 nitrogen and oxygen atoms in total. The van der Waals surface area contributed by atoms with E-state index in [4.69, 9.17) is 16.2 Å². The van der Waals surface area contributed by atoms with Gasteiger partial charge in [-0.2, -0.15) is 9.29 Å². The molecule has 0 radical (unpaired) electrons. The zero-order valence-electron chi connectivity index (χ0n) is 28.9. The summed E-state index contributed by atoms with van der Waals surface area (Å²) in [5.41, 5.74) is 15.0. The Morgan fingerprint density at radius 1 is 0.900 bits per heavy atom. The second kappa shape index (κ2) is 17.2. The predicted octanol–water partition coefficient (Wildman–Crippen LogP) is 3.44. The molecule has 270 valence electrons. The molecule has 0 atom stereocenters. The summed E-state index contributed by atoms with van der Waals surface area (Å²) < 4.78 is 37.0. The Bertz CT molecular complexity index is 1820. The molecular weight excluding hydrogens is 653 g/mol. The molecule has 4 heterocycles. The van der Waals surface area contributed by atoms with Gasteiger partial charge in [-0.15, -0.1) is 0 Å². The first-order valence-corrected chi connectivity index (χ1v) is 19.5. The zero-order chi connectivity index (χ0) is 34.9. The summed E-state index contributed by atoms with van der Waals surface area (Å²) in [4.78, 5) is 23.3. The fourth-order valence-corrected chi connectivity index (χ4v) is 8.84. The summed E-state index contributed by atoms with van der Waals surface area (Å²) >= 11 is 0. The minimum absolute atomic E-state index is 0.0120. The van der Waals surface area contributed by atoms with Gasteiger partial charge in [-0.1, -0.05) is 24.3 Å². The number of nitrogens with one attached hydrogen (secondary N) is 2. The lowest BCUT2D eigenvalue weighted by atomic mass is 9.96. The van der Waals surface area contributed by atoms with Crippen LogP contribution in [0.25, 0.3) is 28.0 Å². The molecule has 2 fully saturated rings. The van der Waals surface area contributed by atoms with Gasteiger partial charge in [0.05, 0.1) is 10.6 Å². The van der Waals surface area contributed by atoms with Crippen molar-refractivity contribution < 1.29 is 13.2 Å². The number of nitrogens with two attached hydrogens (primary N) is 2. The van der Waals surface area contributed by atoms with Gasteiger partial charge in [-0.25, -0.2) is 13.2 Å². The maximum Gasteiger partial charge on any atom is 0.354 e. The van der Waals surface area contributed by atoms with Crippen molar-refractivity contribution in [3.05, 3.63) is 76.8 Å². The average Bonchev–Trinajstić information content (AvgIpc) is 3.56. The van der Waals surface area contributed by atoms with Crippen LogP contribution in [0.3, 0.4) is 0 Å². The number of rotatable bonds is 16. The van der Waals surface area contributed by atoms with E-state index in [1.165, 1.54) is 0 Å². The summed E-state index contributed by atoms with van der Waals surface area (Å²) in [5, 5.41) is 4.14. The highest BCUT2D eigenvalue weighted by Gasteiger charge is 2.33. The van der Waals surface area contributed by atoms with Crippen LogP contribution in [0.1, 0.15) is 50.5 Å². The number of hydrogen-bond donors (Lipinski definition) is 4. The molecule has 0 amide bonds. The molecule has 50 heavy (non-hydrogen) atoms. The largest absolute Gasteiger partial charge is 0.381 e. The highest BCUT2D eigenvalue weighted by molar-refractivity contribution is 7.89. The lowest BCUT2D eigenvalue weighted by Crippen LogP contribution is -2.46. The molecule has 0 spiro atoms. The smallest absolute Gasteiger partial charge is 0.354 e. The first-order chi connectivity index (χ1) is 24.4. The number of benzene rings is 2. The van der Waals surface area contributed by atoms with Crippen molar-refractivity contribution in [1.82, 2.24) is 29.1 Å². The molecule has 0 bridgehead atoms. The van der Waals surface area contributed by atoms with E-state index in [1.807, 2.05) is 42.5 Å². The third kappa shape index (κ3) is 8.89. The molecule has 2 aliphatic heterocycles. The first kappa shape index (κ1) is 36.4. The van der Waals surface area contributed by atoms with Gasteiger partial charge in [-0.05, 0) is 132 Å². The summed E-state index contributed by atoms with van der Waals surface area (Å²) in [5.74, 6) is 0.489. The quantitative estimate of drug-likeness (QED) is 0.137. The summed E-state index contributed by atoms with van der Waals surface area (Å²) in [6.45, 7) is 7.60. The van der Waals surface area contributed by atoms with Gasteiger partial charge >= 0.3 is 5.69 Å². The van der Waals surface area contributed by atoms with Gasteiger partial charge in [0.2, 0.25) is 10.0 Å². The molecule has 2 aromatic heterocycles. The van der Waals surface area contributed by atoms with Gasteiger partial charge in [-0.3, -0.25) is 9.47 Å². The topological polar surface area (TPSA) is 165 Å². The zero-order valence-corrected chi connectivity index (χ0v) is 29.8. The summed E-state index contributed by atoms with van der Waals surface area (Å²) in [6, 6.07) is 16.9. The molecule has 0 aliphatic carbocycles. The molecule has 0 saturated carbocycles. The Morgan fingerprint density at radius 3 is 2.24 bits per heavy atom. The minimum atomic E-state index is -3.69. The van der Waals surface area contributed by atoms with E-state index in [0.29, 0.717) is 36.1 Å². The number of ether oxygens (including phenoxy) is 1. The Balaban J connectivity index is 1.18. The number of sulfonamides is 1. The normalized spacial score (nSPS) is 16.6. The Hall–Kier alpha value is -3.43. The lowest BCUT2D eigenvalue weighted by Gasteiger charge is -2.35. The molecule has 13 heteroatoms. The Kier molecular flexibility index (Phi) is 12.5.